The molecular weight excluding hydrogens is 256 g/mol. The molecule has 5 heteroatoms. The van der Waals surface area contributed by atoms with Gasteiger partial charge in [0.2, 0.25) is 11.8 Å². The summed E-state index contributed by atoms with van der Waals surface area (Å²) in [6, 6.07) is 0. The SMILES string of the molecule is CC1(CC(=O)NC[C@@H]2CC[C@H](C(N)=O)O2)CCCCC1. The number of hydrogen-bond acceptors (Lipinski definition) is 3. The molecule has 2 amide bonds. The maximum atomic E-state index is 12.0. The summed E-state index contributed by atoms with van der Waals surface area (Å²) in [4.78, 5) is 23.0. The molecule has 0 aromatic rings. The van der Waals surface area contributed by atoms with Crippen molar-refractivity contribution in [2.45, 2.75) is 70.5 Å². The van der Waals surface area contributed by atoms with Gasteiger partial charge in [-0.3, -0.25) is 9.59 Å². The second-order valence-corrected chi connectivity index (χ2v) is 6.58. The van der Waals surface area contributed by atoms with E-state index < -0.39 is 12.0 Å². The Kier molecular flexibility index (Phi) is 5.02. The molecule has 2 fully saturated rings. The molecule has 3 N–H and O–H groups in total. The molecule has 114 valence electrons. The van der Waals surface area contributed by atoms with Crippen LogP contribution in [-0.4, -0.2) is 30.6 Å². The van der Waals surface area contributed by atoms with Crippen molar-refractivity contribution in [2.24, 2.45) is 11.1 Å². The summed E-state index contributed by atoms with van der Waals surface area (Å²) in [6.07, 6.45) is 7.53. The average molecular weight is 282 g/mol. The molecule has 0 bridgehead atoms. The maximum Gasteiger partial charge on any atom is 0.246 e. The van der Waals surface area contributed by atoms with Gasteiger partial charge in [-0.25, -0.2) is 0 Å². The van der Waals surface area contributed by atoms with Crippen LogP contribution < -0.4 is 11.1 Å². The Labute approximate surface area is 120 Å². The predicted octanol–water partition coefficient (Wildman–Crippen LogP) is 1.50. The summed E-state index contributed by atoms with van der Waals surface area (Å²) in [5, 5.41) is 2.94. The lowest BCUT2D eigenvalue weighted by Crippen LogP contribution is -2.37. The third-order valence-electron chi connectivity index (χ3n) is 4.60. The van der Waals surface area contributed by atoms with Gasteiger partial charge in [-0.15, -0.1) is 0 Å². The zero-order valence-corrected chi connectivity index (χ0v) is 12.3. The van der Waals surface area contributed by atoms with Crippen LogP contribution in [0.4, 0.5) is 0 Å². The van der Waals surface area contributed by atoms with Crippen LogP contribution in [0.3, 0.4) is 0 Å². The van der Waals surface area contributed by atoms with Crippen molar-refractivity contribution in [3.63, 3.8) is 0 Å². The molecule has 0 radical (unpaired) electrons. The molecule has 0 aromatic heterocycles. The summed E-state index contributed by atoms with van der Waals surface area (Å²) in [5.74, 6) is -0.311. The van der Waals surface area contributed by atoms with Crippen LogP contribution in [0.15, 0.2) is 0 Å². The number of hydrogen-bond donors (Lipinski definition) is 2. The molecule has 2 rings (SSSR count). The number of carbonyl (C=O) groups excluding carboxylic acids is 2. The van der Waals surface area contributed by atoms with Gasteiger partial charge in [-0.1, -0.05) is 26.2 Å². The fraction of sp³-hybridized carbons (Fsp3) is 0.867. The first-order chi connectivity index (χ1) is 9.48. The zero-order chi connectivity index (χ0) is 14.6. The number of nitrogens with one attached hydrogen (secondary N) is 1. The van der Waals surface area contributed by atoms with Crippen LogP contribution in [-0.2, 0) is 14.3 Å². The van der Waals surface area contributed by atoms with E-state index in [1.807, 2.05) is 0 Å². The molecule has 2 aliphatic rings. The van der Waals surface area contributed by atoms with Gasteiger partial charge in [0.25, 0.3) is 0 Å². The Morgan fingerprint density at radius 3 is 2.55 bits per heavy atom. The van der Waals surface area contributed by atoms with E-state index in [-0.39, 0.29) is 17.4 Å². The fourth-order valence-corrected chi connectivity index (χ4v) is 3.33. The smallest absolute Gasteiger partial charge is 0.246 e. The average Bonchev–Trinajstić information content (AvgIpc) is 2.85. The normalized spacial score (nSPS) is 29.1. The molecular formula is C15H26N2O3. The topological polar surface area (TPSA) is 81.4 Å². The molecule has 1 saturated carbocycles. The monoisotopic (exact) mass is 282 g/mol. The molecule has 0 unspecified atom stereocenters. The molecule has 0 spiro atoms. The van der Waals surface area contributed by atoms with Crippen molar-refractivity contribution in [1.29, 1.82) is 0 Å². The van der Waals surface area contributed by atoms with Crippen LogP contribution in [0, 0.1) is 5.41 Å². The van der Waals surface area contributed by atoms with E-state index in [1.165, 1.54) is 19.3 Å². The van der Waals surface area contributed by atoms with Crippen molar-refractivity contribution in [1.82, 2.24) is 5.32 Å². The number of primary amides is 1. The van der Waals surface area contributed by atoms with E-state index in [9.17, 15) is 9.59 Å². The highest BCUT2D eigenvalue weighted by molar-refractivity contribution is 5.79. The van der Waals surface area contributed by atoms with E-state index in [2.05, 4.69) is 12.2 Å². The van der Waals surface area contributed by atoms with Gasteiger partial charge in [-0.2, -0.15) is 0 Å². The number of rotatable bonds is 5. The first-order valence-electron chi connectivity index (χ1n) is 7.70. The van der Waals surface area contributed by atoms with Crippen molar-refractivity contribution in [3.8, 4) is 0 Å². The van der Waals surface area contributed by atoms with Gasteiger partial charge in [-0.05, 0) is 31.1 Å². The Hall–Kier alpha value is -1.10. The quantitative estimate of drug-likeness (QED) is 0.801. The Balaban J connectivity index is 1.69. The number of amides is 2. The van der Waals surface area contributed by atoms with Crippen molar-refractivity contribution in [3.05, 3.63) is 0 Å². The Morgan fingerprint density at radius 1 is 1.25 bits per heavy atom. The van der Waals surface area contributed by atoms with E-state index in [1.54, 1.807) is 0 Å². The number of nitrogens with two attached hydrogens (primary N) is 1. The molecule has 1 saturated heterocycles. The van der Waals surface area contributed by atoms with Crippen molar-refractivity contribution >= 4 is 11.8 Å². The second kappa shape index (κ2) is 6.57. The minimum Gasteiger partial charge on any atom is -0.367 e. The highest BCUT2D eigenvalue weighted by Gasteiger charge is 2.31. The lowest BCUT2D eigenvalue weighted by molar-refractivity contribution is -0.129. The number of ether oxygens (including phenoxy) is 1. The minimum atomic E-state index is -0.479. The molecule has 20 heavy (non-hydrogen) atoms. The van der Waals surface area contributed by atoms with Crippen LogP contribution in [0.25, 0.3) is 0 Å². The fourth-order valence-electron chi connectivity index (χ4n) is 3.33. The lowest BCUT2D eigenvalue weighted by Gasteiger charge is -2.33. The van der Waals surface area contributed by atoms with Gasteiger partial charge < -0.3 is 15.8 Å². The summed E-state index contributed by atoms with van der Waals surface area (Å²) in [6.45, 7) is 2.69. The van der Waals surface area contributed by atoms with Gasteiger partial charge in [0, 0.05) is 13.0 Å². The highest BCUT2D eigenvalue weighted by Crippen LogP contribution is 2.38. The van der Waals surface area contributed by atoms with E-state index in [4.69, 9.17) is 10.5 Å². The third-order valence-corrected chi connectivity index (χ3v) is 4.60. The molecule has 0 aromatic carbocycles. The minimum absolute atomic E-state index is 0.0735. The molecule has 1 aliphatic heterocycles. The summed E-state index contributed by atoms with van der Waals surface area (Å²) < 4.78 is 5.50. The van der Waals surface area contributed by atoms with E-state index in [0.717, 1.165) is 19.3 Å². The maximum absolute atomic E-state index is 12.0. The van der Waals surface area contributed by atoms with Crippen LogP contribution >= 0.6 is 0 Å². The van der Waals surface area contributed by atoms with Crippen molar-refractivity contribution < 1.29 is 14.3 Å². The van der Waals surface area contributed by atoms with Gasteiger partial charge in [0.1, 0.15) is 6.10 Å². The lowest BCUT2D eigenvalue weighted by atomic mass is 9.73. The zero-order valence-electron chi connectivity index (χ0n) is 12.3. The molecule has 1 heterocycles. The van der Waals surface area contributed by atoms with Crippen LogP contribution in [0.2, 0.25) is 0 Å². The largest absolute Gasteiger partial charge is 0.367 e. The summed E-state index contributed by atoms with van der Waals surface area (Å²) >= 11 is 0. The second-order valence-electron chi connectivity index (χ2n) is 6.58. The molecule has 1 aliphatic carbocycles. The Morgan fingerprint density at radius 2 is 1.95 bits per heavy atom. The number of carbonyl (C=O) groups is 2. The van der Waals surface area contributed by atoms with E-state index >= 15 is 0 Å². The van der Waals surface area contributed by atoms with Crippen LogP contribution in [0.1, 0.15) is 58.3 Å². The molecule has 5 nitrogen and oxygen atoms in total. The summed E-state index contributed by atoms with van der Waals surface area (Å²) in [7, 11) is 0. The van der Waals surface area contributed by atoms with Gasteiger partial charge in [0.15, 0.2) is 0 Å². The van der Waals surface area contributed by atoms with Crippen molar-refractivity contribution in [2.75, 3.05) is 6.54 Å². The van der Waals surface area contributed by atoms with Gasteiger partial charge >= 0.3 is 0 Å². The van der Waals surface area contributed by atoms with E-state index in [0.29, 0.717) is 19.4 Å². The standard InChI is InChI=1S/C15H26N2O3/c1-15(7-3-2-4-8-15)9-13(18)17-10-11-5-6-12(20-11)14(16)19/h11-12H,2-10H2,1H3,(H2,16,19)(H,17,18)/t11-,12+/m0/s1. The third kappa shape index (κ3) is 4.20. The first-order valence-corrected chi connectivity index (χ1v) is 7.70. The van der Waals surface area contributed by atoms with Crippen LogP contribution in [0.5, 0.6) is 0 Å². The first kappa shape index (κ1) is 15.3. The molecule has 2 atom stereocenters. The van der Waals surface area contributed by atoms with Gasteiger partial charge in [0.05, 0.1) is 6.10 Å². The summed E-state index contributed by atoms with van der Waals surface area (Å²) in [5.41, 5.74) is 5.37. The highest BCUT2D eigenvalue weighted by atomic mass is 16.5. The Bertz CT molecular complexity index is 364. The predicted molar refractivity (Wildman–Crippen MR) is 75.9 cm³/mol.